The van der Waals surface area contributed by atoms with Gasteiger partial charge in [0.25, 0.3) is 0 Å². The lowest BCUT2D eigenvalue weighted by atomic mass is 9.91. The van der Waals surface area contributed by atoms with Crippen molar-refractivity contribution >= 4 is 5.97 Å². The third-order valence-electron chi connectivity index (χ3n) is 2.96. The molecule has 1 aliphatic rings. The molecule has 0 heterocycles. The van der Waals surface area contributed by atoms with Crippen molar-refractivity contribution in [2.75, 3.05) is 0 Å². The number of hydrogen-bond donors (Lipinski definition) is 1. The van der Waals surface area contributed by atoms with Gasteiger partial charge in [0.15, 0.2) is 0 Å². The largest absolute Gasteiger partial charge is 0.481 e. The molecule has 0 aromatic heterocycles. The van der Waals surface area contributed by atoms with Crippen molar-refractivity contribution in [2.45, 2.75) is 38.5 Å². The van der Waals surface area contributed by atoms with Gasteiger partial charge in [-0.1, -0.05) is 12.5 Å². The fourth-order valence-electron chi connectivity index (χ4n) is 2.23. The van der Waals surface area contributed by atoms with Crippen molar-refractivity contribution in [1.29, 1.82) is 0 Å². The van der Waals surface area contributed by atoms with Gasteiger partial charge in [0, 0.05) is 0 Å². The molecule has 74 valence electrons. The van der Waals surface area contributed by atoms with E-state index in [4.69, 9.17) is 5.11 Å². The molecule has 13 heavy (non-hydrogen) atoms. The normalized spacial score (nSPS) is 27.4. The molecule has 1 rings (SSSR count). The number of carboxylic acids is 1. The molecule has 0 aromatic rings. The summed E-state index contributed by atoms with van der Waals surface area (Å²) in [4.78, 5) is 10.8. The number of unbranched alkanes of at least 4 members (excludes halogenated alkanes) is 1. The van der Waals surface area contributed by atoms with Crippen LogP contribution in [0, 0.1) is 11.8 Å². The zero-order valence-electron chi connectivity index (χ0n) is 8.04. The van der Waals surface area contributed by atoms with Gasteiger partial charge in [-0.2, -0.15) is 0 Å². The fraction of sp³-hybridized carbons (Fsp3) is 0.727. The van der Waals surface area contributed by atoms with E-state index in [1.165, 1.54) is 0 Å². The molecule has 0 radical (unpaired) electrons. The SMILES string of the molecule is C=CCCCC1CCCC1C(=O)O. The number of allylic oxidation sites excluding steroid dienone is 1. The van der Waals surface area contributed by atoms with Gasteiger partial charge in [-0.05, 0) is 38.0 Å². The van der Waals surface area contributed by atoms with Crippen LogP contribution in [0.4, 0.5) is 0 Å². The Balaban J connectivity index is 2.31. The maximum atomic E-state index is 10.8. The van der Waals surface area contributed by atoms with E-state index >= 15 is 0 Å². The molecule has 2 atom stereocenters. The van der Waals surface area contributed by atoms with Crippen molar-refractivity contribution in [3.8, 4) is 0 Å². The maximum Gasteiger partial charge on any atom is 0.306 e. The summed E-state index contributed by atoms with van der Waals surface area (Å²) in [6, 6.07) is 0. The van der Waals surface area contributed by atoms with Crippen molar-refractivity contribution < 1.29 is 9.90 Å². The van der Waals surface area contributed by atoms with E-state index in [1.807, 2.05) is 6.08 Å². The third-order valence-corrected chi connectivity index (χ3v) is 2.96. The molecular weight excluding hydrogens is 164 g/mol. The predicted octanol–water partition coefficient (Wildman–Crippen LogP) is 2.84. The van der Waals surface area contributed by atoms with Gasteiger partial charge in [-0.15, -0.1) is 6.58 Å². The van der Waals surface area contributed by atoms with Crippen LogP contribution >= 0.6 is 0 Å². The molecular formula is C11H18O2. The van der Waals surface area contributed by atoms with E-state index in [2.05, 4.69) is 6.58 Å². The van der Waals surface area contributed by atoms with Crippen LogP contribution in [0.15, 0.2) is 12.7 Å². The highest BCUT2D eigenvalue weighted by atomic mass is 16.4. The lowest BCUT2D eigenvalue weighted by molar-refractivity contribution is -0.143. The van der Waals surface area contributed by atoms with E-state index in [-0.39, 0.29) is 5.92 Å². The van der Waals surface area contributed by atoms with Crippen molar-refractivity contribution in [2.24, 2.45) is 11.8 Å². The van der Waals surface area contributed by atoms with Crippen molar-refractivity contribution in [1.82, 2.24) is 0 Å². The Hall–Kier alpha value is -0.790. The summed E-state index contributed by atoms with van der Waals surface area (Å²) < 4.78 is 0. The van der Waals surface area contributed by atoms with E-state index in [0.717, 1.165) is 38.5 Å². The van der Waals surface area contributed by atoms with Gasteiger partial charge in [0.05, 0.1) is 5.92 Å². The Bertz CT molecular complexity index is 187. The van der Waals surface area contributed by atoms with Gasteiger partial charge in [-0.3, -0.25) is 4.79 Å². The molecule has 1 N–H and O–H groups in total. The van der Waals surface area contributed by atoms with E-state index in [1.54, 1.807) is 0 Å². The summed E-state index contributed by atoms with van der Waals surface area (Å²) in [6.45, 7) is 3.66. The third kappa shape index (κ3) is 2.87. The second-order valence-corrected chi connectivity index (χ2v) is 3.86. The number of carboxylic acid groups (broad SMARTS) is 1. The number of carbonyl (C=O) groups is 1. The first-order valence-corrected chi connectivity index (χ1v) is 5.09. The molecule has 2 unspecified atom stereocenters. The monoisotopic (exact) mass is 182 g/mol. The van der Waals surface area contributed by atoms with Gasteiger partial charge in [0.2, 0.25) is 0 Å². The highest BCUT2D eigenvalue weighted by Crippen LogP contribution is 2.35. The highest BCUT2D eigenvalue weighted by molar-refractivity contribution is 5.70. The first kappa shape index (κ1) is 10.3. The second-order valence-electron chi connectivity index (χ2n) is 3.86. The Morgan fingerprint density at radius 3 is 2.92 bits per heavy atom. The van der Waals surface area contributed by atoms with E-state index in [0.29, 0.717) is 5.92 Å². The first-order chi connectivity index (χ1) is 6.25. The van der Waals surface area contributed by atoms with Crippen LogP contribution in [0.25, 0.3) is 0 Å². The van der Waals surface area contributed by atoms with Gasteiger partial charge < -0.3 is 5.11 Å². The van der Waals surface area contributed by atoms with Gasteiger partial charge >= 0.3 is 5.97 Å². The van der Waals surface area contributed by atoms with Crippen LogP contribution in [-0.4, -0.2) is 11.1 Å². The van der Waals surface area contributed by atoms with E-state index in [9.17, 15) is 4.79 Å². The van der Waals surface area contributed by atoms with Crippen molar-refractivity contribution in [3.63, 3.8) is 0 Å². The van der Waals surface area contributed by atoms with E-state index < -0.39 is 5.97 Å². The lowest BCUT2D eigenvalue weighted by Gasteiger charge is -2.14. The topological polar surface area (TPSA) is 37.3 Å². The van der Waals surface area contributed by atoms with Crippen LogP contribution in [0.5, 0.6) is 0 Å². The summed E-state index contributed by atoms with van der Waals surface area (Å²) in [5.74, 6) is -0.233. The molecule has 1 saturated carbocycles. The number of aliphatic carboxylic acids is 1. The van der Waals surface area contributed by atoms with Crippen LogP contribution in [0.2, 0.25) is 0 Å². The summed E-state index contributed by atoms with van der Waals surface area (Å²) in [6.07, 6.45) is 8.16. The molecule has 0 saturated heterocycles. The molecule has 0 aliphatic heterocycles. The first-order valence-electron chi connectivity index (χ1n) is 5.09. The highest BCUT2D eigenvalue weighted by Gasteiger charge is 2.31. The summed E-state index contributed by atoms with van der Waals surface area (Å²) in [5, 5.41) is 8.92. The quantitative estimate of drug-likeness (QED) is 0.524. The Morgan fingerprint density at radius 2 is 2.31 bits per heavy atom. The van der Waals surface area contributed by atoms with Crippen LogP contribution in [-0.2, 0) is 4.79 Å². The second kappa shape index (κ2) is 5.05. The molecule has 1 aliphatic carbocycles. The Kier molecular flexibility index (Phi) is 4.00. The summed E-state index contributed by atoms with van der Waals surface area (Å²) >= 11 is 0. The Labute approximate surface area is 79.6 Å². The summed E-state index contributed by atoms with van der Waals surface area (Å²) in [7, 11) is 0. The lowest BCUT2D eigenvalue weighted by Crippen LogP contribution is -2.18. The molecule has 0 bridgehead atoms. The fourth-order valence-corrected chi connectivity index (χ4v) is 2.23. The molecule has 2 heteroatoms. The minimum absolute atomic E-state index is 0.0650. The van der Waals surface area contributed by atoms with Gasteiger partial charge in [0.1, 0.15) is 0 Å². The molecule has 2 nitrogen and oxygen atoms in total. The molecule has 0 amide bonds. The zero-order valence-corrected chi connectivity index (χ0v) is 8.04. The molecule has 0 spiro atoms. The maximum absolute atomic E-state index is 10.8. The van der Waals surface area contributed by atoms with Crippen LogP contribution in [0.3, 0.4) is 0 Å². The number of rotatable bonds is 5. The standard InChI is InChI=1S/C11H18O2/c1-2-3-4-6-9-7-5-8-10(9)11(12)13/h2,9-10H,1,3-8H2,(H,12,13). The smallest absolute Gasteiger partial charge is 0.306 e. The average molecular weight is 182 g/mol. The van der Waals surface area contributed by atoms with Crippen LogP contribution in [0.1, 0.15) is 38.5 Å². The minimum Gasteiger partial charge on any atom is -0.481 e. The average Bonchev–Trinajstić information content (AvgIpc) is 2.53. The predicted molar refractivity (Wildman–Crippen MR) is 52.5 cm³/mol. The van der Waals surface area contributed by atoms with Crippen LogP contribution < -0.4 is 0 Å². The zero-order chi connectivity index (χ0) is 9.68. The van der Waals surface area contributed by atoms with Gasteiger partial charge in [-0.25, -0.2) is 0 Å². The van der Waals surface area contributed by atoms with Crippen molar-refractivity contribution in [3.05, 3.63) is 12.7 Å². The summed E-state index contributed by atoms with van der Waals surface area (Å²) in [5.41, 5.74) is 0. The molecule has 1 fully saturated rings. The minimum atomic E-state index is -0.596. The molecule has 0 aromatic carbocycles. The Morgan fingerprint density at radius 1 is 1.54 bits per heavy atom. The number of hydrogen-bond acceptors (Lipinski definition) is 1.